The second-order valence-corrected chi connectivity index (χ2v) is 10.0. The maximum Gasteiger partial charge on any atom is 0.416 e. The smallest absolute Gasteiger partial charge is 0.298 e. The maximum absolute atomic E-state index is 13.6. The number of aromatic nitrogens is 5. The number of amidine groups is 1. The summed E-state index contributed by atoms with van der Waals surface area (Å²) < 4.78 is 93.7. The van der Waals surface area contributed by atoms with Crippen LogP contribution in [-0.4, -0.2) is 40.2 Å². The van der Waals surface area contributed by atoms with Crippen LogP contribution in [0.15, 0.2) is 52.5 Å². The summed E-state index contributed by atoms with van der Waals surface area (Å²) in [7, 11) is -1.89. The Labute approximate surface area is 223 Å². The molecule has 1 saturated heterocycles. The van der Waals surface area contributed by atoms with Gasteiger partial charge in [-0.05, 0) is 48.4 Å². The van der Waals surface area contributed by atoms with Gasteiger partial charge in [0.15, 0.2) is 11.0 Å². The molecular formula is C24H17F6N7O2S. The van der Waals surface area contributed by atoms with Gasteiger partial charge in [0, 0.05) is 5.39 Å². The third-order valence-corrected chi connectivity index (χ3v) is 7.14. The van der Waals surface area contributed by atoms with Crippen LogP contribution in [0.25, 0.3) is 17.0 Å². The van der Waals surface area contributed by atoms with E-state index in [0.29, 0.717) is 34.2 Å². The number of carbonyl (C=O) groups is 1. The molecule has 2 aromatic carbocycles. The largest absolute Gasteiger partial charge is 0.416 e. The maximum atomic E-state index is 13.6. The molecule has 5 rings (SSSR count). The Morgan fingerprint density at radius 3 is 2.52 bits per heavy atom. The molecule has 1 atom stereocenters. The van der Waals surface area contributed by atoms with Crippen LogP contribution in [0.1, 0.15) is 33.9 Å². The summed E-state index contributed by atoms with van der Waals surface area (Å²) in [5.74, 6) is 0.321. The highest BCUT2D eigenvalue weighted by molar-refractivity contribution is 8.05. The van der Waals surface area contributed by atoms with Gasteiger partial charge in [-0.25, -0.2) is 9.19 Å². The van der Waals surface area contributed by atoms with Crippen LogP contribution in [0.3, 0.4) is 0 Å². The van der Waals surface area contributed by atoms with Crippen LogP contribution in [0.5, 0.6) is 0 Å². The molecule has 0 radical (unpaired) electrons. The van der Waals surface area contributed by atoms with Crippen LogP contribution >= 0.6 is 0 Å². The number of carbonyl (C=O) groups excluding carboxylic acids is 1. The Morgan fingerprint density at radius 1 is 1.07 bits per heavy atom. The van der Waals surface area contributed by atoms with E-state index in [9.17, 15) is 35.3 Å². The number of fused-ring (bicyclic) bond motifs is 1. The molecule has 0 bridgehead atoms. The van der Waals surface area contributed by atoms with Gasteiger partial charge in [0.1, 0.15) is 28.1 Å². The van der Waals surface area contributed by atoms with Crippen LogP contribution < -0.4 is 5.32 Å². The number of hydrogen-bond donors (Lipinski definition) is 2. The van der Waals surface area contributed by atoms with Gasteiger partial charge in [-0.3, -0.25) is 24.9 Å². The number of nitrogens with zero attached hydrogens (tertiary/aromatic N) is 5. The number of hydrogen-bond acceptors (Lipinski definition) is 6. The summed E-state index contributed by atoms with van der Waals surface area (Å²) in [6.07, 6.45) is -7.18. The van der Waals surface area contributed by atoms with Gasteiger partial charge in [0.25, 0.3) is 5.91 Å². The summed E-state index contributed by atoms with van der Waals surface area (Å²) in [5, 5.41) is 13.5. The number of aromatic amines is 1. The highest BCUT2D eigenvalue weighted by Gasteiger charge is 2.38. The number of aryl methyl sites for hydroxylation is 1. The van der Waals surface area contributed by atoms with E-state index in [1.807, 2.05) is 0 Å². The molecular weight excluding hydrogens is 564 g/mol. The first-order valence-electron chi connectivity index (χ1n) is 11.4. The van der Waals surface area contributed by atoms with Crippen molar-refractivity contribution in [3.8, 4) is 0 Å². The Kier molecular flexibility index (Phi) is 6.81. The zero-order valence-corrected chi connectivity index (χ0v) is 21.1. The normalized spacial score (nSPS) is 18.3. The molecule has 1 unspecified atom stereocenters. The first-order valence-corrected chi connectivity index (χ1v) is 12.5. The Balaban J connectivity index is 1.40. The summed E-state index contributed by atoms with van der Waals surface area (Å²) in [5.41, 5.74) is -2.33. The molecule has 0 spiro atoms. The SMILES string of the molecule is Cc1nc(CN=C2NC(=O)C(=Cc3ccc4c(cnn4Cc4ccc(C(F)(F)F)cc4C(F)(F)F)c3)S2=O)n[nH]1. The minimum Gasteiger partial charge on any atom is -0.298 e. The molecule has 1 aliphatic rings. The molecule has 2 N–H and O–H groups in total. The summed E-state index contributed by atoms with van der Waals surface area (Å²) in [6, 6.07) is 6.12. The van der Waals surface area contributed by atoms with Gasteiger partial charge >= 0.3 is 12.4 Å². The molecule has 208 valence electrons. The number of alkyl halides is 6. The van der Waals surface area contributed by atoms with E-state index in [1.165, 1.54) is 23.0 Å². The monoisotopic (exact) mass is 581 g/mol. The van der Waals surface area contributed by atoms with Crippen molar-refractivity contribution in [3.05, 3.63) is 81.4 Å². The molecule has 1 fully saturated rings. The number of nitrogens with one attached hydrogen (secondary N) is 2. The standard InChI is InChI=1S/C24H17F6N7O2S/c1-12-33-20(36-35-12)10-31-22-34-21(38)19(40(22)39)7-13-2-5-18-15(6-13)9-32-37(18)11-14-3-4-16(23(25,26)27)8-17(14)24(28,29)30/h2-9H,10-11H2,1H3,(H,31,34,38)(H,33,35,36). The molecule has 16 heteroatoms. The van der Waals surface area contributed by atoms with Crippen molar-refractivity contribution in [1.82, 2.24) is 30.3 Å². The van der Waals surface area contributed by atoms with E-state index < -0.39 is 46.7 Å². The molecule has 0 aliphatic carbocycles. The van der Waals surface area contributed by atoms with E-state index in [0.717, 1.165) is 6.07 Å². The van der Waals surface area contributed by atoms with Crippen molar-refractivity contribution in [2.45, 2.75) is 32.4 Å². The lowest BCUT2D eigenvalue weighted by Crippen LogP contribution is -2.21. The van der Waals surface area contributed by atoms with E-state index in [4.69, 9.17) is 0 Å². The van der Waals surface area contributed by atoms with Gasteiger partial charge in [-0.1, -0.05) is 12.1 Å². The fourth-order valence-corrected chi connectivity index (χ4v) is 5.04. The second-order valence-electron chi connectivity index (χ2n) is 8.68. The third-order valence-electron chi connectivity index (χ3n) is 5.85. The molecule has 40 heavy (non-hydrogen) atoms. The fraction of sp³-hybridized carbons (Fsp3) is 0.208. The van der Waals surface area contributed by atoms with Gasteiger partial charge in [-0.2, -0.15) is 36.5 Å². The number of H-pyrrole nitrogens is 1. The van der Waals surface area contributed by atoms with Gasteiger partial charge in [0.2, 0.25) is 0 Å². The molecule has 9 nitrogen and oxygen atoms in total. The van der Waals surface area contributed by atoms with Crippen molar-refractivity contribution in [2.75, 3.05) is 0 Å². The summed E-state index contributed by atoms with van der Waals surface area (Å²) in [4.78, 5) is 20.5. The lowest BCUT2D eigenvalue weighted by molar-refractivity contribution is -0.143. The number of benzene rings is 2. The molecule has 1 amide bonds. The first kappa shape index (κ1) is 27.2. The average molecular weight is 582 g/mol. The van der Waals surface area contributed by atoms with Crippen LogP contribution in [-0.2, 0) is 41.0 Å². The van der Waals surface area contributed by atoms with Crippen molar-refractivity contribution >= 4 is 38.9 Å². The Bertz CT molecular complexity index is 1720. The number of halogens is 6. The van der Waals surface area contributed by atoms with E-state index in [1.54, 1.807) is 19.1 Å². The lowest BCUT2D eigenvalue weighted by atomic mass is 10.0. The average Bonchev–Trinajstić information content (AvgIpc) is 3.55. The predicted octanol–water partition coefficient (Wildman–Crippen LogP) is 4.32. The molecule has 0 saturated carbocycles. The van der Waals surface area contributed by atoms with Crippen molar-refractivity contribution in [2.24, 2.45) is 4.99 Å². The molecule has 2 aromatic heterocycles. The molecule has 3 heterocycles. The number of amides is 1. The molecule has 1 aliphatic heterocycles. The van der Waals surface area contributed by atoms with Gasteiger partial charge in [-0.15, -0.1) is 0 Å². The topological polar surface area (TPSA) is 118 Å². The minimum atomic E-state index is -5.01. The van der Waals surface area contributed by atoms with E-state index in [-0.39, 0.29) is 28.2 Å². The Morgan fingerprint density at radius 2 is 1.85 bits per heavy atom. The summed E-state index contributed by atoms with van der Waals surface area (Å²) in [6.45, 7) is 1.27. The first-order chi connectivity index (χ1) is 18.8. The lowest BCUT2D eigenvalue weighted by Gasteiger charge is -2.16. The second kappa shape index (κ2) is 10.0. The van der Waals surface area contributed by atoms with Crippen LogP contribution in [0, 0.1) is 6.92 Å². The third kappa shape index (κ3) is 5.52. The zero-order valence-electron chi connectivity index (χ0n) is 20.3. The van der Waals surface area contributed by atoms with Crippen LogP contribution in [0.4, 0.5) is 26.3 Å². The summed E-state index contributed by atoms with van der Waals surface area (Å²) >= 11 is 0. The highest BCUT2D eigenvalue weighted by atomic mass is 32.2. The number of rotatable bonds is 5. The van der Waals surface area contributed by atoms with Crippen molar-refractivity contribution < 1.29 is 35.3 Å². The highest BCUT2D eigenvalue weighted by Crippen LogP contribution is 2.37. The number of aliphatic imine (C=N–C) groups is 1. The van der Waals surface area contributed by atoms with E-state index in [2.05, 4.69) is 30.6 Å². The zero-order chi connectivity index (χ0) is 28.8. The fourth-order valence-electron chi connectivity index (χ4n) is 4.00. The van der Waals surface area contributed by atoms with Crippen molar-refractivity contribution in [3.63, 3.8) is 0 Å². The van der Waals surface area contributed by atoms with E-state index >= 15 is 0 Å². The molecule has 4 aromatic rings. The Hall–Kier alpha value is -4.34. The van der Waals surface area contributed by atoms with Gasteiger partial charge in [0.05, 0.1) is 29.4 Å². The van der Waals surface area contributed by atoms with Crippen molar-refractivity contribution in [1.29, 1.82) is 0 Å². The predicted molar refractivity (Wildman–Crippen MR) is 132 cm³/mol. The van der Waals surface area contributed by atoms with Gasteiger partial charge < -0.3 is 0 Å². The van der Waals surface area contributed by atoms with Crippen LogP contribution in [0.2, 0.25) is 0 Å². The minimum absolute atomic E-state index is 0.000890. The quantitative estimate of drug-likeness (QED) is 0.269.